The topological polar surface area (TPSA) is 98.7 Å². The van der Waals surface area contributed by atoms with Crippen molar-refractivity contribution in [1.29, 1.82) is 0 Å². The molecule has 184 valence electrons. The number of piperazine rings is 1. The third-order valence-corrected chi connectivity index (χ3v) is 7.48. The van der Waals surface area contributed by atoms with Gasteiger partial charge in [-0.25, -0.2) is 18.4 Å². The number of hydrogen-bond acceptors (Lipinski definition) is 7. The van der Waals surface area contributed by atoms with Gasteiger partial charge in [0, 0.05) is 38.1 Å². The molecular formula is C25H30N6O3S. The van der Waals surface area contributed by atoms with E-state index in [1.807, 2.05) is 42.1 Å². The molecule has 9 nitrogen and oxygen atoms in total. The fourth-order valence-electron chi connectivity index (χ4n) is 4.11. The van der Waals surface area contributed by atoms with Gasteiger partial charge in [-0.2, -0.15) is 0 Å². The van der Waals surface area contributed by atoms with Crippen molar-refractivity contribution < 1.29 is 13.2 Å². The Morgan fingerprint density at radius 1 is 1.00 bits per heavy atom. The first-order valence-corrected chi connectivity index (χ1v) is 12.9. The Kier molecular flexibility index (Phi) is 7.62. The highest BCUT2D eigenvalue weighted by molar-refractivity contribution is 7.92. The number of likely N-dealkylation sites (N-methyl/N-ethyl adjacent to an activating group) is 1. The predicted octanol–water partition coefficient (Wildman–Crippen LogP) is 2.10. The third kappa shape index (κ3) is 6.14. The number of aromatic nitrogens is 2. The summed E-state index contributed by atoms with van der Waals surface area (Å²) in [4.78, 5) is 27.2. The van der Waals surface area contributed by atoms with Crippen molar-refractivity contribution in [3.05, 3.63) is 78.8 Å². The number of hydrogen-bond donors (Lipinski definition) is 1. The molecule has 1 N–H and O–H groups in total. The van der Waals surface area contributed by atoms with Crippen molar-refractivity contribution in [1.82, 2.24) is 19.8 Å². The maximum absolute atomic E-state index is 13.3. The molecular weight excluding hydrogens is 464 g/mol. The van der Waals surface area contributed by atoms with Crippen molar-refractivity contribution in [2.24, 2.45) is 0 Å². The van der Waals surface area contributed by atoms with Gasteiger partial charge in [-0.3, -0.25) is 14.4 Å². The fourth-order valence-corrected chi connectivity index (χ4v) is 5.12. The largest absolute Gasteiger partial charge is 0.368 e. The second-order valence-corrected chi connectivity index (χ2v) is 10.4. The molecule has 1 aromatic heterocycles. The van der Waals surface area contributed by atoms with Crippen LogP contribution in [0.4, 0.5) is 11.5 Å². The average molecular weight is 495 g/mol. The summed E-state index contributed by atoms with van der Waals surface area (Å²) in [5, 5.41) is 0. The maximum Gasteiger partial charge on any atom is 0.263 e. The minimum absolute atomic E-state index is 0.135. The van der Waals surface area contributed by atoms with Gasteiger partial charge in [0.1, 0.15) is 12.1 Å². The number of nitrogens with zero attached hydrogens (tertiary/aromatic N) is 5. The highest BCUT2D eigenvalue weighted by Gasteiger charge is 2.29. The molecule has 4 rings (SSSR count). The van der Waals surface area contributed by atoms with Gasteiger partial charge in [-0.1, -0.05) is 30.3 Å². The maximum atomic E-state index is 13.3. The molecule has 1 aliphatic rings. The minimum atomic E-state index is -3.74. The Morgan fingerprint density at radius 3 is 2.29 bits per heavy atom. The van der Waals surface area contributed by atoms with Crippen LogP contribution >= 0.6 is 0 Å². The summed E-state index contributed by atoms with van der Waals surface area (Å²) in [6.45, 7) is 2.60. The summed E-state index contributed by atoms with van der Waals surface area (Å²) in [5.41, 5.74) is 2.06. The van der Waals surface area contributed by atoms with Gasteiger partial charge >= 0.3 is 0 Å². The quantitative estimate of drug-likeness (QED) is 0.512. The monoisotopic (exact) mass is 494 g/mol. The molecule has 0 aliphatic carbocycles. The van der Waals surface area contributed by atoms with Crippen LogP contribution in [0.3, 0.4) is 0 Å². The first kappa shape index (κ1) is 24.6. The molecule has 1 amide bonds. The summed E-state index contributed by atoms with van der Waals surface area (Å²) in [6, 6.07) is 18.1. The molecule has 35 heavy (non-hydrogen) atoms. The number of carbonyl (C=O) groups is 1. The van der Waals surface area contributed by atoms with Gasteiger partial charge in [-0.05, 0) is 56.4 Å². The summed E-state index contributed by atoms with van der Waals surface area (Å²) in [7, 11) is 0.142. The minimum Gasteiger partial charge on any atom is -0.368 e. The van der Waals surface area contributed by atoms with E-state index in [1.54, 1.807) is 24.3 Å². The van der Waals surface area contributed by atoms with E-state index < -0.39 is 10.0 Å². The zero-order valence-corrected chi connectivity index (χ0v) is 20.7. The second-order valence-electron chi connectivity index (χ2n) is 8.68. The van der Waals surface area contributed by atoms with Crippen LogP contribution in [0.5, 0.6) is 0 Å². The van der Waals surface area contributed by atoms with Crippen molar-refractivity contribution in [2.45, 2.75) is 17.4 Å². The lowest BCUT2D eigenvalue weighted by atomic mass is 10.0. The standard InChI is InChI=1S/C25H30N6O3S/c1-29(2)23(18-20-6-4-3-5-7-20)25(32)31-16-14-30(15-17-31)21-8-10-22(11-9-21)35(33,34)28-24-12-13-26-19-27-24/h3-13,19,23H,14-18H2,1-2H3,(H,26,27,28)/t23-/m0/s1. The van der Waals surface area contributed by atoms with Crippen LogP contribution in [-0.2, 0) is 21.2 Å². The summed E-state index contributed by atoms with van der Waals surface area (Å²) in [5.74, 6) is 0.351. The van der Waals surface area contributed by atoms with Crippen LogP contribution in [0.25, 0.3) is 0 Å². The lowest BCUT2D eigenvalue weighted by molar-refractivity contribution is -0.136. The van der Waals surface area contributed by atoms with Crippen LogP contribution in [0, 0.1) is 0 Å². The van der Waals surface area contributed by atoms with E-state index in [1.165, 1.54) is 18.6 Å². The molecule has 2 heterocycles. The van der Waals surface area contributed by atoms with Gasteiger partial charge in [0.05, 0.1) is 10.9 Å². The van der Waals surface area contributed by atoms with Gasteiger partial charge < -0.3 is 9.80 Å². The van der Waals surface area contributed by atoms with E-state index in [4.69, 9.17) is 0 Å². The van der Waals surface area contributed by atoms with E-state index >= 15 is 0 Å². The van der Waals surface area contributed by atoms with E-state index in [0.717, 1.165) is 11.3 Å². The Bertz CT molecular complexity index is 1210. The van der Waals surface area contributed by atoms with Crippen LogP contribution in [0.15, 0.2) is 78.1 Å². The number of nitrogens with one attached hydrogen (secondary N) is 1. The van der Waals surface area contributed by atoms with Crippen molar-refractivity contribution >= 4 is 27.4 Å². The van der Waals surface area contributed by atoms with E-state index in [-0.39, 0.29) is 22.7 Å². The Morgan fingerprint density at radius 2 is 1.69 bits per heavy atom. The number of benzene rings is 2. The molecule has 1 atom stereocenters. The van der Waals surface area contributed by atoms with Gasteiger partial charge in [0.15, 0.2) is 0 Å². The fraction of sp³-hybridized carbons (Fsp3) is 0.320. The molecule has 0 saturated carbocycles. The summed E-state index contributed by atoms with van der Waals surface area (Å²) in [6.07, 6.45) is 3.43. The van der Waals surface area contributed by atoms with Gasteiger partial charge in [-0.15, -0.1) is 0 Å². The zero-order valence-electron chi connectivity index (χ0n) is 19.9. The Balaban J connectivity index is 1.36. The second kappa shape index (κ2) is 10.8. The molecule has 0 unspecified atom stereocenters. The number of anilines is 2. The highest BCUT2D eigenvalue weighted by Crippen LogP contribution is 2.21. The van der Waals surface area contributed by atoms with Crippen molar-refractivity contribution in [3.63, 3.8) is 0 Å². The van der Waals surface area contributed by atoms with Gasteiger partial charge in [0.25, 0.3) is 10.0 Å². The molecule has 1 aliphatic heterocycles. The SMILES string of the molecule is CN(C)[C@@H](Cc1ccccc1)C(=O)N1CCN(c2ccc(S(=O)(=O)Nc3ccncn3)cc2)CC1. The lowest BCUT2D eigenvalue weighted by Crippen LogP contribution is -2.54. The molecule has 10 heteroatoms. The molecule has 2 aromatic carbocycles. The first-order chi connectivity index (χ1) is 16.8. The summed E-state index contributed by atoms with van der Waals surface area (Å²) < 4.78 is 27.7. The molecule has 0 radical (unpaired) electrons. The smallest absolute Gasteiger partial charge is 0.263 e. The average Bonchev–Trinajstić information content (AvgIpc) is 2.88. The highest BCUT2D eigenvalue weighted by atomic mass is 32.2. The van der Waals surface area contributed by atoms with Crippen LogP contribution in [-0.4, -0.2) is 80.4 Å². The number of rotatable bonds is 8. The van der Waals surface area contributed by atoms with Crippen LogP contribution in [0.1, 0.15) is 5.56 Å². The van der Waals surface area contributed by atoms with E-state index in [0.29, 0.717) is 32.6 Å². The van der Waals surface area contributed by atoms with Crippen LogP contribution in [0.2, 0.25) is 0 Å². The predicted molar refractivity (Wildman–Crippen MR) is 136 cm³/mol. The van der Waals surface area contributed by atoms with E-state index in [9.17, 15) is 13.2 Å². The van der Waals surface area contributed by atoms with Crippen molar-refractivity contribution in [3.8, 4) is 0 Å². The lowest BCUT2D eigenvalue weighted by Gasteiger charge is -2.38. The third-order valence-electron chi connectivity index (χ3n) is 6.10. The molecule has 1 saturated heterocycles. The molecule has 1 fully saturated rings. The summed E-state index contributed by atoms with van der Waals surface area (Å²) >= 11 is 0. The number of amides is 1. The zero-order chi connectivity index (χ0) is 24.8. The van der Waals surface area contributed by atoms with Crippen LogP contribution < -0.4 is 9.62 Å². The molecule has 3 aromatic rings. The first-order valence-electron chi connectivity index (χ1n) is 11.5. The van der Waals surface area contributed by atoms with Gasteiger partial charge in [0.2, 0.25) is 5.91 Å². The number of sulfonamides is 1. The molecule has 0 bridgehead atoms. The Labute approximate surface area is 206 Å². The molecule has 0 spiro atoms. The normalized spacial score (nSPS) is 15.2. The van der Waals surface area contributed by atoms with E-state index in [2.05, 4.69) is 31.7 Å². The number of carbonyl (C=O) groups excluding carboxylic acids is 1. The van der Waals surface area contributed by atoms with Crippen molar-refractivity contribution in [2.75, 3.05) is 49.9 Å². The Hall–Kier alpha value is -3.50.